The number of hydrogen-bond acceptors (Lipinski definition) is 4. The fourth-order valence-corrected chi connectivity index (χ4v) is 3.49. The van der Waals surface area contributed by atoms with E-state index in [9.17, 15) is 9.90 Å². The van der Waals surface area contributed by atoms with Crippen LogP contribution in [0.15, 0.2) is 71.3 Å². The first-order valence-electron chi connectivity index (χ1n) is 9.84. The number of carbonyl (C=O) groups excluding carboxylic acids is 1. The van der Waals surface area contributed by atoms with Crippen LogP contribution >= 0.6 is 0 Å². The number of furan rings is 1. The zero-order chi connectivity index (χ0) is 20.6. The molecule has 5 nitrogen and oxygen atoms in total. The lowest BCUT2D eigenvalue weighted by atomic mass is 9.93. The summed E-state index contributed by atoms with van der Waals surface area (Å²) in [6.07, 6.45) is 2.87. The molecule has 0 aliphatic heterocycles. The SMILES string of the molecule is CCC(=O)N(CCC(c1ccccc1)c1ccco1)Cc1ccc(O)c(OC)c1. The number of amides is 1. The van der Waals surface area contributed by atoms with E-state index in [1.54, 1.807) is 18.4 Å². The van der Waals surface area contributed by atoms with Gasteiger partial charge in [-0.25, -0.2) is 0 Å². The van der Waals surface area contributed by atoms with E-state index in [0.29, 0.717) is 25.3 Å². The van der Waals surface area contributed by atoms with E-state index in [-0.39, 0.29) is 17.6 Å². The van der Waals surface area contributed by atoms with Gasteiger partial charge in [-0.3, -0.25) is 4.79 Å². The number of methoxy groups -OCH3 is 1. The molecule has 0 aliphatic rings. The first kappa shape index (κ1) is 20.5. The molecule has 1 amide bonds. The van der Waals surface area contributed by atoms with Gasteiger partial charge in [-0.15, -0.1) is 0 Å². The number of phenolic OH excluding ortho intramolecular Hbond substituents is 1. The molecule has 1 aromatic heterocycles. The molecule has 0 bridgehead atoms. The predicted molar refractivity (Wildman–Crippen MR) is 112 cm³/mol. The quantitative estimate of drug-likeness (QED) is 0.558. The average Bonchev–Trinajstić information content (AvgIpc) is 3.29. The molecule has 1 unspecified atom stereocenters. The van der Waals surface area contributed by atoms with Crippen molar-refractivity contribution in [3.63, 3.8) is 0 Å². The summed E-state index contributed by atoms with van der Waals surface area (Å²) in [5.74, 6) is 1.55. The molecule has 2 aromatic carbocycles. The third-order valence-corrected chi connectivity index (χ3v) is 5.05. The van der Waals surface area contributed by atoms with Gasteiger partial charge in [0, 0.05) is 25.4 Å². The van der Waals surface area contributed by atoms with E-state index in [2.05, 4.69) is 12.1 Å². The van der Waals surface area contributed by atoms with E-state index in [1.807, 2.05) is 48.2 Å². The summed E-state index contributed by atoms with van der Waals surface area (Å²) in [6, 6.07) is 19.3. The molecule has 0 saturated carbocycles. The van der Waals surface area contributed by atoms with Crippen LogP contribution in [0, 0.1) is 0 Å². The van der Waals surface area contributed by atoms with Crippen LogP contribution in [0.25, 0.3) is 0 Å². The Morgan fingerprint density at radius 2 is 1.93 bits per heavy atom. The standard InChI is InChI=1S/C24H27NO4/c1-3-24(27)25(17-18-11-12-21(26)23(16-18)28-2)14-13-20(22-10-7-15-29-22)19-8-5-4-6-9-19/h4-12,15-16,20,26H,3,13-14,17H2,1-2H3. The van der Waals surface area contributed by atoms with Crippen molar-refractivity contribution in [2.75, 3.05) is 13.7 Å². The van der Waals surface area contributed by atoms with Gasteiger partial charge in [0.05, 0.1) is 13.4 Å². The molecular weight excluding hydrogens is 366 g/mol. The zero-order valence-electron chi connectivity index (χ0n) is 16.9. The Labute approximate surface area is 171 Å². The minimum absolute atomic E-state index is 0.0766. The number of carbonyl (C=O) groups is 1. The van der Waals surface area contributed by atoms with Gasteiger partial charge >= 0.3 is 0 Å². The highest BCUT2D eigenvalue weighted by Crippen LogP contribution is 2.30. The fraction of sp³-hybridized carbons (Fsp3) is 0.292. The van der Waals surface area contributed by atoms with Gasteiger partial charge in [0.2, 0.25) is 5.91 Å². The smallest absolute Gasteiger partial charge is 0.222 e. The van der Waals surface area contributed by atoms with Crippen molar-refractivity contribution < 1.29 is 19.1 Å². The Morgan fingerprint density at radius 3 is 2.59 bits per heavy atom. The zero-order valence-corrected chi connectivity index (χ0v) is 16.9. The number of rotatable bonds is 9. The molecular formula is C24H27NO4. The number of hydrogen-bond donors (Lipinski definition) is 1. The maximum Gasteiger partial charge on any atom is 0.222 e. The summed E-state index contributed by atoms with van der Waals surface area (Å²) in [7, 11) is 1.52. The third-order valence-electron chi connectivity index (χ3n) is 5.05. The van der Waals surface area contributed by atoms with Crippen LogP contribution in [0.3, 0.4) is 0 Å². The fourth-order valence-electron chi connectivity index (χ4n) is 3.49. The van der Waals surface area contributed by atoms with Gasteiger partial charge in [-0.1, -0.05) is 43.3 Å². The maximum atomic E-state index is 12.6. The van der Waals surface area contributed by atoms with Crippen LogP contribution in [0.5, 0.6) is 11.5 Å². The first-order valence-corrected chi connectivity index (χ1v) is 9.84. The normalized spacial score (nSPS) is 11.8. The third kappa shape index (κ3) is 5.19. The number of ether oxygens (including phenoxy) is 1. The van der Waals surface area contributed by atoms with Crippen LogP contribution in [0.1, 0.15) is 42.6 Å². The molecule has 29 heavy (non-hydrogen) atoms. The molecule has 0 fully saturated rings. The summed E-state index contributed by atoms with van der Waals surface area (Å²) in [5, 5.41) is 9.82. The Balaban J connectivity index is 1.78. The Bertz CT molecular complexity index is 906. The van der Waals surface area contributed by atoms with E-state index in [4.69, 9.17) is 9.15 Å². The lowest BCUT2D eigenvalue weighted by molar-refractivity contribution is -0.131. The van der Waals surface area contributed by atoms with Gasteiger partial charge in [0.25, 0.3) is 0 Å². The molecule has 3 aromatic rings. The van der Waals surface area contributed by atoms with Gasteiger partial charge in [0.1, 0.15) is 5.76 Å². The molecule has 0 aliphatic carbocycles. The summed E-state index contributed by atoms with van der Waals surface area (Å²) in [5.41, 5.74) is 2.08. The number of phenols is 1. The summed E-state index contributed by atoms with van der Waals surface area (Å²) >= 11 is 0. The highest BCUT2D eigenvalue weighted by Gasteiger charge is 2.20. The summed E-state index contributed by atoms with van der Waals surface area (Å²) in [6.45, 7) is 2.92. The van der Waals surface area contributed by atoms with Crippen LogP contribution in [-0.2, 0) is 11.3 Å². The molecule has 0 spiro atoms. The van der Waals surface area contributed by atoms with E-state index < -0.39 is 0 Å². The molecule has 0 saturated heterocycles. The van der Waals surface area contributed by atoms with Crippen LogP contribution in [-0.4, -0.2) is 29.6 Å². The van der Waals surface area contributed by atoms with Crippen molar-refractivity contribution in [1.82, 2.24) is 4.90 Å². The van der Waals surface area contributed by atoms with Crippen molar-refractivity contribution in [2.45, 2.75) is 32.2 Å². The second-order valence-electron chi connectivity index (χ2n) is 6.94. The Hall–Kier alpha value is -3.21. The predicted octanol–water partition coefficient (Wildman–Crippen LogP) is 4.95. The van der Waals surface area contributed by atoms with Gasteiger partial charge < -0.3 is 19.2 Å². The second-order valence-corrected chi connectivity index (χ2v) is 6.94. The largest absolute Gasteiger partial charge is 0.504 e. The lowest BCUT2D eigenvalue weighted by Crippen LogP contribution is -2.31. The Kier molecular flexibility index (Phi) is 6.95. The average molecular weight is 393 g/mol. The molecule has 1 atom stereocenters. The van der Waals surface area contributed by atoms with E-state index >= 15 is 0 Å². The first-order chi connectivity index (χ1) is 14.1. The van der Waals surface area contributed by atoms with Crippen LogP contribution in [0.2, 0.25) is 0 Å². The second kappa shape index (κ2) is 9.82. The molecule has 1 heterocycles. The molecule has 3 rings (SSSR count). The van der Waals surface area contributed by atoms with Crippen molar-refractivity contribution in [3.05, 3.63) is 83.8 Å². The minimum atomic E-state index is 0.0766. The van der Waals surface area contributed by atoms with Crippen LogP contribution in [0.4, 0.5) is 0 Å². The van der Waals surface area contributed by atoms with Crippen LogP contribution < -0.4 is 4.74 Å². The monoisotopic (exact) mass is 393 g/mol. The van der Waals surface area contributed by atoms with Gasteiger partial charge in [0.15, 0.2) is 11.5 Å². The Morgan fingerprint density at radius 1 is 1.14 bits per heavy atom. The highest BCUT2D eigenvalue weighted by atomic mass is 16.5. The lowest BCUT2D eigenvalue weighted by Gasteiger charge is -2.25. The topological polar surface area (TPSA) is 62.9 Å². The molecule has 152 valence electrons. The number of benzene rings is 2. The van der Waals surface area contributed by atoms with Crippen molar-refractivity contribution in [1.29, 1.82) is 0 Å². The molecule has 5 heteroatoms. The van der Waals surface area contributed by atoms with Crippen molar-refractivity contribution >= 4 is 5.91 Å². The van der Waals surface area contributed by atoms with Gasteiger partial charge in [-0.2, -0.15) is 0 Å². The molecule has 0 radical (unpaired) electrons. The van der Waals surface area contributed by atoms with Crippen molar-refractivity contribution in [2.24, 2.45) is 0 Å². The van der Waals surface area contributed by atoms with E-state index in [1.165, 1.54) is 7.11 Å². The highest BCUT2D eigenvalue weighted by molar-refractivity contribution is 5.75. The van der Waals surface area contributed by atoms with Gasteiger partial charge in [-0.05, 0) is 41.8 Å². The van der Waals surface area contributed by atoms with Crippen molar-refractivity contribution in [3.8, 4) is 11.5 Å². The minimum Gasteiger partial charge on any atom is -0.504 e. The molecule has 1 N–H and O–H groups in total. The summed E-state index contributed by atoms with van der Waals surface area (Å²) < 4.78 is 10.9. The number of nitrogens with zero attached hydrogens (tertiary/aromatic N) is 1. The maximum absolute atomic E-state index is 12.6. The van der Waals surface area contributed by atoms with E-state index in [0.717, 1.165) is 23.3 Å². The number of aromatic hydroxyl groups is 1. The summed E-state index contributed by atoms with van der Waals surface area (Å²) in [4.78, 5) is 14.4.